The van der Waals surface area contributed by atoms with E-state index < -0.39 is 0 Å². The van der Waals surface area contributed by atoms with Crippen LogP contribution in [-0.4, -0.2) is 20.1 Å². The molecule has 0 aliphatic carbocycles. The van der Waals surface area contributed by atoms with Crippen LogP contribution in [0.1, 0.15) is 11.3 Å². The SMILES string of the molecule is Cc1nccc(-c2noc(-c3cccnc3)n2)c1C. The Morgan fingerprint density at radius 2 is 2.00 bits per heavy atom. The molecule has 0 aliphatic rings. The minimum absolute atomic E-state index is 0.469. The summed E-state index contributed by atoms with van der Waals surface area (Å²) in [6.45, 7) is 3.96. The second-order valence-electron chi connectivity index (χ2n) is 4.23. The van der Waals surface area contributed by atoms with E-state index in [1.54, 1.807) is 18.6 Å². The maximum absolute atomic E-state index is 5.28. The smallest absolute Gasteiger partial charge is 0.259 e. The van der Waals surface area contributed by atoms with Crippen LogP contribution in [0.2, 0.25) is 0 Å². The number of aromatic nitrogens is 4. The molecule has 3 aromatic rings. The van der Waals surface area contributed by atoms with Crippen LogP contribution in [0, 0.1) is 13.8 Å². The molecule has 0 bridgehead atoms. The summed E-state index contributed by atoms with van der Waals surface area (Å²) in [5.74, 6) is 1.04. The molecule has 5 heteroatoms. The fourth-order valence-electron chi connectivity index (χ4n) is 1.82. The Labute approximate surface area is 110 Å². The summed E-state index contributed by atoms with van der Waals surface area (Å²) in [5, 5.41) is 4.02. The highest BCUT2D eigenvalue weighted by molar-refractivity contribution is 5.62. The van der Waals surface area contributed by atoms with Gasteiger partial charge in [0.25, 0.3) is 5.89 Å². The van der Waals surface area contributed by atoms with E-state index in [9.17, 15) is 0 Å². The Balaban J connectivity index is 2.05. The molecule has 0 atom stereocenters. The lowest BCUT2D eigenvalue weighted by molar-refractivity contribution is 0.432. The molecule has 0 saturated heterocycles. The van der Waals surface area contributed by atoms with Gasteiger partial charge in [0.05, 0.1) is 5.56 Å². The highest BCUT2D eigenvalue weighted by atomic mass is 16.5. The summed E-state index contributed by atoms with van der Waals surface area (Å²) >= 11 is 0. The van der Waals surface area contributed by atoms with Gasteiger partial charge in [0.1, 0.15) is 0 Å². The van der Waals surface area contributed by atoms with E-state index in [1.165, 1.54) is 0 Å². The lowest BCUT2D eigenvalue weighted by atomic mass is 10.1. The molecule has 0 spiro atoms. The number of pyridine rings is 2. The van der Waals surface area contributed by atoms with Crippen LogP contribution in [0.25, 0.3) is 22.8 Å². The van der Waals surface area contributed by atoms with Crippen molar-refractivity contribution in [1.29, 1.82) is 0 Å². The third kappa shape index (κ3) is 2.10. The zero-order valence-electron chi connectivity index (χ0n) is 10.7. The molecule has 0 aliphatic heterocycles. The quantitative estimate of drug-likeness (QED) is 0.701. The number of aryl methyl sites for hydroxylation is 1. The lowest BCUT2D eigenvalue weighted by Crippen LogP contribution is -1.91. The Morgan fingerprint density at radius 1 is 1.11 bits per heavy atom. The maximum Gasteiger partial charge on any atom is 0.259 e. The van der Waals surface area contributed by atoms with E-state index in [4.69, 9.17) is 4.52 Å². The van der Waals surface area contributed by atoms with E-state index in [0.29, 0.717) is 11.7 Å². The number of hydrogen-bond donors (Lipinski definition) is 0. The molecule has 0 saturated carbocycles. The van der Waals surface area contributed by atoms with Crippen molar-refractivity contribution >= 4 is 0 Å². The minimum Gasteiger partial charge on any atom is -0.334 e. The van der Waals surface area contributed by atoms with Crippen LogP contribution in [0.4, 0.5) is 0 Å². The van der Waals surface area contributed by atoms with E-state index in [1.807, 2.05) is 32.0 Å². The first kappa shape index (κ1) is 11.5. The normalized spacial score (nSPS) is 10.6. The summed E-state index contributed by atoms with van der Waals surface area (Å²) in [7, 11) is 0. The average molecular weight is 252 g/mol. The van der Waals surface area contributed by atoms with E-state index >= 15 is 0 Å². The number of hydrogen-bond acceptors (Lipinski definition) is 5. The van der Waals surface area contributed by atoms with Gasteiger partial charge >= 0.3 is 0 Å². The fraction of sp³-hybridized carbons (Fsp3) is 0.143. The van der Waals surface area contributed by atoms with Crippen molar-refractivity contribution < 1.29 is 4.52 Å². The first-order valence-corrected chi connectivity index (χ1v) is 5.92. The highest BCUT2D eigenvalue weighted by Gasteiger charge is 2.13. The summed E-state index contributed by atoms with van der Waals surface area (Å²) in [6.07, 6.45) is 5.15. The molecule has 0 aromatic carbocycles. The topological polar surface area (TPSA) is 64.7 Å². The molecule has 0 radical (unpaired) electrons. The largest absolute Gasteiger partial charge is 0.334 e. The molecule has 3 heterocycles. The fourth-order valence-corrected chi connectivity index (χ4v) is 1.82. The third-order valence-electron chi connectivity index (χ3n) is 3.03. The van der Waals surface area contributed by atoms with Crippen molar-refractivity contribution in [3.05, 3.63) is 48.0 Å². The summed E-state index contributed by atoms with van der Waals surface area (Å²) in [6, 6.07) is 5.61. The van der Waals surface area contributed by atoms with Gasteiger partial charge in [-0.1, -0.05) is 5.16 Å². The van der Waals surface area contributed by atoms with Gasteiger partial charge in [-0.05, 0) is 37.6 Å². The van der Waals surface area contributed by atoms with Gasteiger partial charge in [0.15, 0.2) is 0 Å². The van der Waals surface area contributed by atoms with Gasteiger partial charge < -0.3 is 4.52 Å². The second-order valence-corrected chi connectivity index (χ2v) is 4.23. The molecular weight excluding hydrogens is 240 g/mol. The molecule has 3 rings (SSSR count). The van der Waals surface area contributed by atoms with Crippen LogP contribution in [0.15, 0.2) is 41.3 Å². The van der Waals surface area contributed by atoms with Gasteiger partial charge in [-0.25, -0.2) is 0 Å². The van der Waals surface area contributed by atoms with Crippen molar-refractivity contribution in [2.45, 2.75) is 13.8 Å². The maximum atomic E-state index is 5.28. The number of nitrogens with zero attached hydrogens (tertiary/aromatic N) is 4. The first-order valence-electron chi connectivity index (χ1n) is 5.92. The van der Waals surface area contributed by atoms with Crippen LogP contribution >= 0.6 is 0 Å². The van der Waals surface area contributed by atoms with Crippen LogP contribution < -0.4 is 0 Å². The Kier molecular flexibility index (Phi) is 2.79. The van der Waals surface area contributed by atoms with Crippen molar-refractivity contribution in [3.8, 4) is 22.8 Å². The predicted octanol–water partition coefficient (Wildman–Crippen LogP) is 2.81. The summed E-state index contributed by atoms with van der Waals surface area (Å²) in [5.41, 5.74) is 3.77. The van der Waals surface area contributed by atoms with Crippen LogP contribution in [0.5, 0.6) is 0 Å². The van der Waals surface area contributed by atoms with Gasteiger partial charge in [-0.15, -0.1) is 0 Å². The van der Waals surface area contributed by atoms with Gasteiger partial charge in [0.2, 0.25) is 5.82 Å². The third-order valence-corrected chi connectivity index (χ3v) is 3.03. The molecule has 3 aromatic heterocycles. The molecule has 5 nitrogen and oxygen atoms in total. The summed E-state index contributed by atoms with van der Waals surface area (Å²) in [4.78, 5) is 12.7. The monoisotopic (exact) mass is 252 g/mol. The highest BCUT2D eigenvalue weighted by Crippen LogP contribution is 2.24. The van der Waals surface area contributed by atoms with E-state index in [-0.39, 0.29) is 0 Å². The molecule has 0 unspecified atom stereocenters. The first-order chi connectivity index (χ1) is 9.25. The summed E-state index contributed by atoms with van der Waals surface area (Å²) < 4.78 is 5.28. The van der Waals surface area contributed by atoms with Gasteiger partial charge in [-0.3, -0.25) is 9.97 Å². The Hall–Kier alpha value is -2.56. The predicted molar refractivity (Wildman–Crippen MR) is 70.2 cm³/mol. The molecule has 0 N–H and O–H groups in total. The molecular formula is C14H12N4O. The molecule has 94 valence electrons. The molecule has 0 amide bonds. The second kappa shape index (κ2) is 4.61. The van der Waals surface area contributed by atoms with Crippen molar-refractivity contribution in [2.24, 2.45) is 0 Å². The van der Waals surface area contributed by atoms with E-state index in [2.05, 4.69) is 20.1 Å². The minimum atomic E-state index is 0.469. The Morgan fingerprint density at radius 3 is 2.79 bits per heavy atom. The van der Waals surface area contributed by atoms with Crippen molar-refractivity contribution in [2.75, 3.05) is 0 Å². The van der Waals surface area contributed by atoms with E-state index in [0.717, 1.165) is 22.4 Å². The van der Waals surface area contributed by atoms with Gasteiger partial charge in [0, 0.05) is 29.8 Å². The van der Waals surface area contributed by atoms with Crippen LogP contribution in [0.3, 0.4) is 0 Å². The van der Waals surface area contributed by atoms with Crippen molar-refractivity contribution in [3.63, 3.8) is 0 Å². The molecule has 0 fully saturated rings. The lowest BCUT2D eigenvalue weighted by Gasteiger charge is -2.02. The zero-order valence-corrected chi connectivity index (χ0v) is 10.7. The Bertz CT molecular complexity index is 706. The number of rotatable bonds is 2. The van der Waals surface area contributed by atoms with Crippen LogP contribution in [-0.2, 0) is 0 Å². The van der Waals surface area contributed by atoms with Crippen molar-refractivity contribution in [1.82, 2.24) is 20.1 Å². The zero-order chi connectivity index (χ0) is 13.2. The molecule has 19 heavy (non-hydrogen) atoms. The average Bonchev–Trinajstić information content (AvgIpc) is 2.92. The van der Waals surface area contributed by atoms with Gasteiger partial charge in [-0.2, -0.15) is 4.98 Å². The standard InChI is InChI=1S/C14H12N4O/c1-9-10(2)16-7-5-12(9)13-17-14(19-18-13)11-4-3-6-15-8-11/h3-8H,1-2H3.